The van der Waals surface area contributed by atoms with Crippen LogP contribution in [-0.2, 0) is 9.53 Å². The molecule has 108 valence electrons. The molecule has 5 heteroatoms. The van der Waals surface area contributed by atoms with Crippen molar-refractivity contribution in [3.05, 3.63) is 58.6 Å². The molecule has 2 aromatic carbocycles. The number of hydrogen-bond donors (Lipinski definition) is 0. The highest BCUT2D eigenvalue weighted by atomic mass is 79.9. The molecule has 0 unspecified atom stereocenters. The third-order valence-corrected chi connectivity index (χ3v) is 3.29. The van der Waals surface area contributed by atoms with E-state index in [0.29, 0.717) is 17.1 Å². The van der Waals surface area contributed by atoms with E-state index >= 15 is 0 Å². The van der Waals surface area contributed by atoms with Gasteiger partial charge in [-0.1, -0.05) is 15.9 Å². The molecule has 0 aliphatic heterocycles. The topological polar surface area (TPSA) is 52.6 Å². The Bertz CT molecular complexity index is 632. The maximum absolute atomic E-state index is 11.8. The molecule has 4 nitrogen and oxygen atoms in total. The summed E-state index contributed by atoms with van der Waals surface area (Å²) < 4.78 is 11.1. The van der Waals surface area contributed by atoms with Crippen LogP contribution < -0.4 is 4.74 Å². The second-order valence-corrected chi connectivity index (χ2v) is 5.17. The highest BCUT2D eigenvalue weighted by Crippen LogP contribution is 2.23. The van der Waals surface area contributed by atoms with Gasteiger partial charge < -0.3 is 9.47 Å². The van der Waals surface area contributed by atoms with Crippen LogP contribution in [0.3, 0.4) is 0 Å². The van der Waals surface area contributed by atoms with Crippen molar-refractivity contribution in [3.8, 4) is 11.5 Å². The molecule has 0 amide bonds. The third-order valence-electron chi connectivity index (χ3n) is 2.76. The van der Waals surface area contributed by atoms with Gasteiger partial charge in [0.1, 0.15) is 17.9 Å². The van der Waals surface area contributed by atoms with Crippen molar-refractivity contribution < 1.29 is 19.1 Å². The van der Waals surface area contributed by atoms with E-state index in [2.05, 4.69) is 20.7 Å². The highest BCUT2D eigenvalue weighted by molar-refractivity contribution is 9.10. The van der Waals surface area contributed by atoms with Gasteiger partial charge in [-0.3, -0.25) is 9.59 Å². The summed E-state index contributed by atoms with van der Waals surface area (Å²) >= 11 is 3.35. The molecular weight excluding hydrogens is 336 g/mol. The van der Waals surface area contributed by atoms with Crippen LogP contribution in [0.5, 0.6) is 11.5 Å². The lowest BCUT2D eigenvalue weighted by Crippen LogP contribution is -2.09. The van der Waals surface area contributed by atoms with Gasteiger partial charge in [-0.05, 0) is 48.5 Å². The maximum Gasteiger partial charge on any atom is 0.313 e. The summed E-state index contributed by atoms with van der Waals surface area (Å²) in [7, 11) is 1.25. The van der Waals surface area contributed by atoms with Crippen LogP contribution in [0.1, 0.15) is 16.8 Å². The number of Topliss-reactive ketones (excluding diaryl/α,β-unsaturated/α-hetero) is 1. The van der Waals surface area contributed by atoms with E-state index in [4.69, 9.17) is 4.74 Å². The molecule has 0 bridgehead atoms. The molecule has 0 radical (unpaired) electrons. The van der Waals surface area contributed by atoms with Crippen molar-refractivity contribution in [2.45, 2.75) is 6.42 Å². The number of benzene rings is 2. The minimum Gasteiger partial charge on any atom is -0.469 e. The quantitative estimate of drug-likeness (QED) is 0.465. The third kappa shape index (κ3) is 4.43. The monoisotopic (exact) mass is 348 g/mol. The molecule has 2 aromatic rings. The van der Waals surface area contributed by atoms with Gasteiger partial charge in [-0.15, -0.1) is 0 Å². The van der Waals surface area contributed by atoms with Gasteiger partial charge in [0.25, 0.3) is 0 Å². The fourth-order valence-electron chi connectivity index (χ4n) is 1.65. The Kier molecular flexibility index (Phi) is 5.11. The van der Waals surface area contributed by atoms with E-state index in [0.717, 1.165) is 4.47 Å². The number of ether oxygens (including phenoxy) is 2. The van der Waals surface area contributed by atoms with Gasteiger partial charge in [0.05, 0.1) is 7.11 Å². The minimum absolute atomic E-state index is 0.261. The number of hydrogen-bond acceptors (Lipinski definition) is 4. The molecule has 0 aliphatic carbocycles. The van der Waals surface area contributed by atoms with Crippen molar-refractivity contribution >= 4 is 27.7 Å². The number of carbonyl (C=O) groups excluding carboxylic acids is 2. The fraction of sp³-hybridized carbons (Fsp3) is 0.125. The summed E-state index contributed by atoms with van der Waals surface area (Å²) in [6, 6.07) is 14.0. The van der Waals surface area contributed by atoms with Gasteiger partial charge in [0.2, 0.25) is 0 Å². The second kappa shape index (κ2) is 7.04. The first-order chi connectivity index (χ1) is 10.1. The molecule has 0 saturated carbocycles. The lowest BCUT2D eigenvalue weighted by Gasteiger charge is -2.06. The Labute approximate surface area is 130 Å². The minimum atomic E-state index is -0.546. The van der Waals surface area contributed by atoms with Gasteiger partial charge in [-0.25, -0.2) is 0 Å². The van der Waals surface area contributed by atoms with E-state index in [1.165, 1.54) is 7.11 Å². The normalized spacial score (nSPS) is 10.0. The number of ketones is 1. The molecule has 0 N–H and O–H groups in total. The molecular formula is C16H13BrO4. The Morgan fingerprint density at radius 3 is 2.00 bits per heavy atom. The van der Waals surface area contributed by atoms with Crippen LogP contribution >= 0.6 is 15.9 Å². The predicted octanol–water partition coefficient (Wildman–Crippen LogP) is 3.99. The Hall–Kier alpha value is -2.14. The first-order valence-corrected chi connectivity index (χ1v) is 7.01. The van der Waals surface area contributed by atoms with Gasteiger partial charge >= 0.3 is 5.97 Å². The van der Waals surface area contributed by atoms with Crippen molar-refractivity contribution in [1.82, 2.24) is 0 Å². The number of carbonyl (C=O) groups is 2. The zero-order valence-corrected chi connectivity index (χ0v) is 12.9. The molecule has 0 atom stereocenters. The lowest BCUT2D eigenvalue weighted by molar-refractivity contribution is -0.139. The number of esters is 1. The molecule has 0 saturated heterocycles. The lowest BCUT2D eigenvalue weighted by atomic mass is 10.1. The van der Waals surface area contributed by atoms with Crippen LogP contribution in [0.4, 0.5) is 0 Å². The van der Waals surface area contributed by atoms with Crippen LogP contribution in [0.2, 0.25) is 0 Å². The van der Waals surface area contributed by atoms with Crippen LogP contribution in [0.25, 0.3) is 0 Å². The van der Waals surface area contributed by atoms with E-state index in [1.54, 1.807) is 24.3 Å². The molecule has 0 spiro atoms. The van der Waals surface area contributed by atoms with Crippen LogP contribution in [0.15, 0.2) is 53.0 Å². The van der Waals surface area contributed by atoms with Gasteiger partial charge in [0, 0.05) is 10.0 Å². The highest BCUT2D eigenvalue weighted by Gasteiger charge is 2.11. The fourth-order valence-corrected chi connectivity index (χ4v) is 1.92. The van der Waals surface area contributed by atoms with Crippen LogP contribution in [-0.4, -0.2) is 18.9 Å². The van der Waals surface area contributed by atoms with Crippen molar-refractivity contribution in [3.63, 3.8) is 0 Å². The molecule has 0 fully saturated rings. The standard InChI is InChI=1S/C16H13BrO4/c1-20-16(19)10-15(18)11-2-6-13(7-3-11)21-14-8-4-12(17)5-9-14/h2-9H,10H2,1H3. The number of halogens is 1. The number of methoxy groups -OCH3 is 1. The molecule has 0 aliphatic rings. The van der Waals surface area contributed by atoms with Crippen LogP contribution in [0, 0.1) is 0 Å². The Balaban J connectivity index is 2.03. The SMILES string of the molecule is COC(=O)CC(=O)c1ccc(Oc2ccc(Br)cc2)cc1. The summed E-state index contributed by atoms with van der Waals surface area (Å²) in [4.78, 5) is 22.8. The second-order valence-electron chi connectivity index (χ2n) is 4.26. The van der Waals surface area contributed by atoms with Gasteiger partial charge in [-0.2, -0.15) is 0 Å². The van der Waals surface area contributed by atoms with Crippen molar-refractivity contribution in [1.29, 1.82) is 0 Å². The summed E-state index contributed by atoms with van der Waals surface area (Å²) in [5.41, 5.74) is 0.448. The summed E-state index contributed by atoms with van der Waals surface area (Å²) in [6.45, 7) is 0. The summed E-state index contributed by atoms with van der Waals surface area (Å²) in [5.74, 6) is 0.492. The molecule has 21 heavy (non-hydrogen) atoms. The number of rotatable bonds is 5. The largest absolute Gasteiger partial charge is 0.469 e. The van der Waals surface area contributed by atoms with E-state index < -0.39 is 5.97 Å². The average Bonchev–Trinajstić information content (AvgIpc) is 2.50. The average molecular weight is 349 g/mol. The molecule has 0 heterocycles. The maximum atomic E-state index is 11.8. The van der Waals surface area contributed by atoms with E-state index in [1.807, 2.05) is 24.3 Å². The smallest absolute Gasteiger partial charge is 0.313 e. The Morgan fingerprint density at radius 1 is 0.952 bits per heavy atom. The zero-order chi connectivity index (χ0) is 15.2. The first-order valence-electron chi connectivity index (χ1n) is 6.22. The summed E-state index contributed by atoms with van der Waals surface area (Å²) in [6.07, 6.45) is -0.261. The summed E-state index contributed by atoms with van der Waals surface area (Å²) in [5, 5.41) is 0. The van der Waals surface area contributed by atoms with Crippen molar-refractivity contribution in [2.24, 2.45) is 0 Å². The van der Waals surface area contributed by atoms with Gasteiger partial charge in [0.15, 0.2) is 5.78 Å². The molecule has 0 aromatic heterocycles. The van der Waals surface area contributed by atoms with E-state index in [9.17, 15) is 9.59 Å². The zero-order valence-electron chi connectivity index (χ0n) is 11.3. The van der Waals surface area contributed by atoms with Crippen molar-refractivity contribution in [2.75, 3.05) is 7.11 Å². The Morgan fingerprint density at radius 2 is 1.48 bits per heavy atom. The first kappa shape index (κ1) is 15.3. The van der Waals surface area contributed by atoms with E-state index in [-0.39, 0.29) is 12.2 Å². The predicted molar refractivity (Wildman–Crippen MR) is 81.6 cm³/mol. The molecule has 2 rings (SSSR count).